The van der Waals surface area contributed by atoms with Gasteiger partial charge in [-0.1, -0.05) is 0 Å². The molecule has 0 aliphatic heterocycles. The first-order chi connectivity index (χ1) is 5.93. The van der Waals surface area contributed by atoms with Gasteiger partial charge in [0.1, 0.15) is 0 Å². The van der Waals surface area contributed by atoms with Gasteiger partial charge in [-0.3, -0.25) is 0 Å². The summed E-state index contributed by atoms with van der Waals surface area (Å²) < 4.78 is 0.115. The van der Waals surface area contributed by atoms with Crippen LogP contribution < -0.4 is 5.32 Å². The molecule has 0 aromatic rings. The van der Waals surface area contributed by atoms with Gasteiger partial charge in [0.15, 0.2) is 0 Å². The summed E-state index contributed by atoms with van der Waals surface area (Å²) in [6.07, 6.45) is 2.05. The van der Waals surface area contributed by atoms with Crippen LogP contribution in [0.25, 0.3) is 0 Å². The van der Waals surface area contributed by atoms with Crippen LogP contribution in [-0.4, -0.2) is 42.1 Å². The van der Waals surface area contributed by atoms with Crippen LogP contribution in [0, 0.1) is 0 Å². The van der Waals surface area contributed by atoms with E-state index in [-0.39, 0.29) is 10.8 Å². The molecule has 1 N–H and O–H groups in total. The Bertz CT molecular complexity index is 171. The molecule has 0 unspecified atom stereocenters. The van der Waals surface area contributed by atoms with Gasteiger partial charge in [-0.25, -0.2) is 4.79 Å². The van der Waals surface area contributed by atoms with Gasteiger partial charge in [0.05, 0.1) is 0 Å². The van der Waals surface area contributed by atoms with Crippen molar-refractivity contribution in [2.24, 2.45) is 0 Å². The molecule has 13 heavy (non-hydrogen) atoms. The van der Waals surface area contributed by atoms with Crippen LogP contribution in [0.15, 0.2) is 0 Å². The van der Waals surface area contributed by atoms with E-state index in [0.29, 0.717) is 6.54 Å². The number of hydrogen-bond acceptors (Lipinski definition) is 2. The fraction of sp³-hybridized carbons (Fsp3) is 0.889. The van der Waals surface area contributed by atoms with Crippen molar-refractivity contribution < 1.29 is 4.79 Å². The number of nitrogens with zero attached hydrogens (tertiary/aromatic N) is 1. The van der Waals surface area contributed by atoms with E-state index in [1.165, 1.54) is 0 Å². The monoisotopic (exact) mass is 204 g/mol. The molecule has 0 saturated heterocycles. The Morgan fingerprint density at radius 3 is 2.46 bits per heavy atom. The molecule has 0 fully saturated rings. The van der Waals surface area contributed by atoms with E-state index in [1.54, 1.807) is 23.7 Å². The Morgan fingerprint density at radius 1 is 1.54 bits per heavy atom. The zero-order valence-corrected chi connectivity index (χ0v) is 9.99. The first kappa shape index (κ1) is 12.6. The van der Waals surface area contributed by atoms with E-state index in [1.807, 2.05) is 6.92 Å². The molecule has 3 nitrogen and oxygen atoms in total. The summed E-state index contributed by atoms with van der Waals surface area (Å²) in [6.45, 7) is 7.63. The van der Waals surface area contributed by atoms with Gasteiger partial charge in [0.2, 0.25) is 0 Å². The molecule has 4 heteroatoms. The van der Waals surface area contributed by atoms with E-state index < -0.39 is 0 Å². The van der Waals surface area contributed by atoms with Crippen LogP contribution in [-0.2, 0) is 0 Å². The highest BCUT2D eigenvalue weighted by atomic mass is 32.2. The third-order valence-electron chi connectivity index (χ3n) is 2.04. The lowest BCUT2D eigenvalue weighted by Crippen LogP contribution is -2.42. The molecule has 0 atom stereocenters. The Kier molecular flexibility index (Phi) is 5.21. The number of carbonyl (C=O) groups excluding carboxylic acids is 1. The van der Waals surface area contributed by atoms with Gasteiger partial charge < -0.3 is 10.2 Å². The van der Waals surface area contributed by atoms with Gasteiger partial charge in [-0.05, 0) is 27.0 Å². The van der Waals surface area contributed by atoms with Crippen molar-refractivity contribution in [2.75, 3.05) is 26.4 Å². The average molecular weight is 204 g/mol. The molecule has 0 spiro atoms. The Labute approximate surface area is 85.3 Å². The Morgan fingerprint density at radius 2 is 2.08 bits per heavy atom. The Hall–Kier alpha value is -0.380. The third kappa shape index (κ3) is 5.03. The largest absolute Gasteiger partial charge is 0.337 e. The van der Waals surface area contributed by atoms with Crippen LogP contribution >= 0.6 is 11.8 Å². The number of nitrogens with one attached hydrogen (secondary N) is 1. The highest BCUT2D eigenvalue weighted by Crippen LogP contribution is 2.19. The van der Waals surface area contributed by atoms with Crippen LogP contribution in [0.5, 0.6) is 0 Å². The van der Waals surface area contributed by atoms with E-state index in [2.05, 4.69) is 25.4 Å². The molecule has 0 radical (unpaired) electrons. The third-order valence-corrected chi connectivity index (χ3v) is 3.29. The second kappa shape index (κ2) is 5.37. The van der Waals surface area contributed by atoms with Crippen molar-refractivity contribution in [3.63, 3.8) is 0 Å². The lowest BCUT2D eigenvalue weighted by Gasteiger charge is -2.24. The molecule has 0 aliphatic rings. The Balaban J connectivity index is 3.83. The summed E-state index contributed by atoms with van der Waals surface area (Å²) in [7, 11) is 1.79. The fourth-order valence-corrected chi connectivity index (χ4v) is 0.856. The summed E-state index contributed by atoms with van der Waals surface area (Å²) in [6, 6.07) is 0.00428. The van der Waals surface area contributed by atoms with Crippen LogP contribution in [0.2, 0.25) is 0 Å². The second-order valence-corrected chi connectivity index (χ2v) is 5.15. The number of carbonyl (C=O) groups is 1. The van der Waals surface area contributed by atoms with E-state index >= 15 is 0 Å². The molecule has 0 aromatic carbocycles. The van der Waals surface area contributed by atoms with Crippen molar-refractivity contribution in [1.82, 2.24) is 10.2 Å². The van der Waals surface area contributed by atoms with Crippen LogP contribution in [0.1, 0.15) is 20.8 Å². The second-order valence-electron chi connectivity index (χ2n) is 3.64. The molecule has 0 bridgehead atoms. The number of thioether (sulfide) groups is 1. The number of rotatable bonds is 4. The number of hydrogen-bond donors (Lipinski definition) is 1. The minimum atomic E-state index is 0.00428. The normalized spacial score (nSPS) is 11.2. The highest BCUT2D eigenvalue weighted by molar-refractivity contribution is 7.99. The number of urea groups is 1. The zero-order chi connectivity index (χ0) is 10.5. The lowest BCUT2D eigenvalue weighted by molar-refractivity contribution is 0.210. The van der Waals surface area contributed by atoms with Crippen molar-refractivity contribution >= 4 is 17.8 Å². The molecule has 0 saturated carbocycles. The first-order valence-electron chi connectivity index (χ1n) is 4.47. The van der Waals surface area contributed by atoms with Gasteiger partial charge in [0.25, 0.3) is 0 Å². The molecule has 2 amide bonds. The molecule has 78 valence electrons. The minimum Gasteiger partial charge on any atom is -0.337 e. The lowest BCUT2D eigenvalue weighted by atomic mass is 10.2. The van der Waals surface area contributed by atoms with E-state index in [0.717, 1.165) is 6.54 Å². The van der Waals surface area contributed by atoms with Crippen molar-refractivity contribution in [1.29, 1.82) is 0 Å². The van der Waals surface area contributed by atoms with Gasteiger partial charge in [0, 0.05) is 24.9 Å². The maximum Gasteiger partial charge on any atom is 0.317 e. The standard InChI is InChI=1S/C9H20N2OS/c1-6-11(4)8(12)10-7-9(2,3)13-5/h6-7H2,1-5H3,(H,10,12). The summed E-state index contributed by atoms with van der Waals surface area (Å²) in [5, 5.41) is 2.89. The van der Waals surface area contributed by atoms with Crippen molar-refractivity contribution in [3.05, 3.63) is 0 Å². The summed E-state index contributed by atoms with van der Waals surface area (Å²) in [5.74, 6) is 0. The van der Waals surface area contributed by atoms with Gasteiger partial charge in [-0.15, -0.1) is 0 Å². The summed E-state index contributed by atoms with van der Waals surface area (Å²) >= 11 is 1.76. The predicted molar refractivity (Wildman–Crippen MR) is 59.3 cm³/mol. The fourth-order valence-electron chi connectivity index (χ4n) is 0.639. The minimum absolute atomic E-state index is 0.00428. The van der Waals surface area contributed by atoms with Crippen molar-refractivity contribution in [3.8, 4) is 0 Å². The molecule has 0 rings (SSSR count). The number of amides is 2. The molecular weight excluding hydrogens is 184 g/mol. The molecule has 0 aliphatic carbocycles. The predicted octanol–water partition coefficient (Wildman–Crippen LogP) is 1.79. The maximum absolute atomic E-state index is 11.3. The molecule has 0 aromatic heterocycles. The van der Waals surface area contributed by atoms with Crippen molar-refractivity contribution in [2.45, 2.75) is 25.5 Å². The summed E-state index contributed by atoms with van der Waals surface area (Å²) in [5.41, 5.74) is 0. The van der Waals surface area contributed by atoms with Crippen LogP contribution in [0.4, 0.5) is 4.79 Å². The van der Waals surface area contributed by atoms with Gasteiger partial charge in [-0.2, -0.15) is 11.8 Å². The smallest absolute Gasteiger partial charge is 0.317 e. The first-order valence-corrected chi connectivity index (χ1v) is 5.69. The quantitative estimate of drug-likeness (QED) is 0.757. The topological polar surface area (TPSA) is 32.3 Å². The molecular formula is C9H20N2OS. The highest BCUT2D eigenvalue weighted by Gasteiger charge is 2.17. The SMILES string of the molecule is CCN(C)C(=O)NCC(C)(C)SC. The van der Waals surface area contributed by atoms with Crippen LogP contribution in [0.3, 0.4) is 0 Å². The average Bonchev–Trinajstić information content (AvgIpc) is 2.13. The van der Waals surface area contributed by atoms with Gasteiger partial charge >= 0.3 is 6.03 Å². The summed E-state index contributed by atoms with van der Waals surface area (Å²) in [4.78, 5) is 13.0. The zero-order valence-electron chi connectivity index (χ0n) is 9.18. The maximum atomic E-state index is 11.3. The molecule has 0 heterocycles. The van der Waals surface area contributed by atoms with E-state index in [4.69, 9.17) is 0 Å². The van der Waals surface area contributed by atoms with E-state index in [9.17, 15) is 4.79 Å².